The third-order valence-corrected chi connectivity index (χ3v) is 3.19. The molecular formula is C10H20N4. The Bertz CT molecular complexity index is 222. The van der Waals surface area contributed by atoms with Crippen LogP contribution in [0.15, 0.2) is 4.99 Å². The monoisotopic (exact) mass is 196 g/mol. The van der Waals surface area contributed by atoms with E-state index in [1.54, 1.807) is 7.05 Å². The van der Waals surface area contributed by atoms with Gasteiger partial charge in [-0.2, -0.15) is 0 Å². The molecule has 3 N–H and O–H groups in total. The van der Waals surface area contributed by atoms with Crippen LogP contribution in [-0.2, 0) is 0 Å². The smallest absolute Gasteiger partial charge is 0.188 e. The Balaban J connectivity index is 1.67. The molecule has 0 aromatic heterocycles. The maximum Gasteiger partial charge on any atom is 0.188 e. The Morgan fingerprint density at radius 2 is 2.29 bits per heavy atom. The number of nitrogens with zero attached hydrogens (tertiary/aromatic N) is 2. The van der Waals surface area contributed by atoms with Crippen LogP contribution in [0.1, 0.15) is 19.3 Å². The minimum Gasteiger partial charge on any atom is -0.370 e. The van der Waals surface area contributed by atoms with Gasteiger partial charge in [-0.1, -0.05) is 0 Å². The van der Waals surface area contributed by atoms with Gasteiger partial charge in [0, 0.05) is 26.2 Å². The highest BCUT2D eigenvalue weighted by Crippen LogP contribution is 2.31. The molecule has 2 rings (SSSR count). The molecule has 0 radical (unpaired) electrons. The molecule has 0 bridgehead atoms. The van der Waals surface area contributed by atoms with Gasteiger partial charge in [0.2, 0.25) is 0 Å². The second-order valence-electron chi connectivity index (χ2n) is 4.37. The molecule has 2 aliphatic rings. The highest BCUT2D eigenvalue weighted by atomic mass is 15.2. The fourth-order valence-corrected chi connectivity index (χ4v) is 2.13. The second kappa shape index (κ2) is 4.17. The molecule has 14 heavy (non-hydrogen) atoms. The summed E-state index contributed by atoms with van der Waals surface area (Å²) in [5.74, 6) is 1.32. The van der Waals surface area contributed by atoms with Crippen molar-refractivity contribution in [2.24, 2.45) is 16.6 Å². The number of hydrogen-bond donors (Lipinski definition) is 2. The van der Waals surface area contributed by atoms with Gasteiger partial charge in [0.1, 0.15) is 0 Å². The van der Waals surface area contributed by atoms with Crippen LogP contribution in [0.25, 0.3) is 0 Å². The summed E-state index contributed by atoms with van der Waals surface area (Å²) in [5.41, 5.74) is 5.58. The predicted octanol–water partition coefficient (Wildman–Crippen LogP) is 0.00480. The normalized spacial score (nSPS) is 29.5. The van der Waals surface area contributed by atoms with Gasteiger partial charge < -0.3 is 16.0 Å². The topological polar surface area (TPSA) is 53.6 Å². The Labute approximate surface area is 85.6 Å². The summed E-state index contributed by atoms with van der Waals surface area (Å²) in [6.45, 7) is 3.50. The predicted molar refractivity (Wildman–Crippen MR) is 58.3 cm³/mol. The zero-order chi connectivity index (χ0) is 9.97. The van der Waals surface area contributed by atoms with E-state index in [-0.39, 0.29) is 0 Å². The molecule has 1 aliphatic carbocycles. The van der Waals surface area contributed by atoms with Gasteiger partial charge in [-0.25, -0.2) is 0 Å². The van der Waals surface area contributed by atoms with E-state index in [0.717, 1.165) is 18.5 Å². The number of aliphatic imine (C=N–C) groups is 1. The van der Waals surface area contributed by atoms with Gasteiger partial charge in [-0.15, -0.1) is 0 Å². The number of likely N-dealkylation sites (tertiary alicyclic amines) is 1. The third kappa shape index (κ3) is 2.38. The summed E-state index contributed by atoms with van der Waals surface area (Å²) < 4.78 is 0. The molecule has 0 amide bonds. The highest BCUT2D eigenvalue weighted by molar-refractivity contribution is 5.77. The molecule has 1 heterocycles. The number of nitrogens with two attached hydrogens (primary N) is 1. The Kier molecular flexibility index (Phi) is 2.91. The molecule has 4 heteroatoms. The van der Waals surface area contributed by atoms with Gasteiger partial charge in [0.15, 0.2) is 5.96 Å². The number of nitrogens with one attached hydrogen (secondary N) is 1. The molecule has 80 valence electrons. The zero-order valence-electron chi connectivity index (χ0n) is 8.87. The van der Waals surface area contributed by atoms with Crippen LogP contribution in [0.2, 0.25) is 0 Å². The first-order valence-electron chi connectivity index (χ1n) is 5.49. The van der Waals surface area contributed by atoms with Crippen LogP contribution < -0.4 is 11.1 Å². The molecule has 0 spiro atoms. The summed E-state index contributed by atoms with van der Waals surface area (Å²) in [7, 11) is 1.72. The number of guanidine groups is 1. The summed E-state index contributed by atoms with van der Waals surface area (Å²) in [5, 5.41) is 3.16. The molecule has 1 saturated carbocycles. The van der Waals surface area contributed by atoms with E-state index in [2.05, 4.69) is 15.2 Å². The average molecular weight is 196 g/mol. The molecule has 2 fully saturated rings. The van der Waals surface area contributed by atoms with Crippen LogP contribution in [0.5, 0.6) is 0 Å². The molecule has 0 aromatic rings. The SMILES string of the molecule is CN=C(N)NCC1CCN(C2CC2)C1. The third-order valence-electron chi connectivity index (χ3n) is 3.19. The molecule has 4 nitrogen and oxygen atoms in total. The lowest BCUT2D eigenvalue weighted by Gasteiger charge is -2.15. The first-order valence-corrected chi connectivity index (χ1v) is 5.49. The Hall–Kier alpha value is -0.770. The van der Waals surface area contributed by atoms with Gasteiger partial charge in [-0.05, 0) is 31.7 Å². The standard InChI is InChI=1S/C10H20N4/c1-12-10(11)13-6-8-4-5-14(7-8)9-2-3-9/h8-9H,2-7H2,1H3,(H3,11,12,13). The Morgan fingerprint density at radius 1 is 1.50 bits per heavy atom. The summed E-state index contributed by atoms with van der Waals surface area (Å²) >= 11 is 0. The molecule has 1 unspecified atom stereocenters. The van der Waals surface area contributed by atoms with E-state index in [0.29, 0.717) is 5.96 Å². The van der Waals surface area contributed by atoms with Gasteiger partial charge in [0.25, 0.3) is 0 Å². The summed E-state index contributed by atoms with van der Waals surface area (Å²) in [6, 6.07) is 0.914. The van der Waals surface area contributed by atoms with Crippen molar-refractivity contribution in [3.8, 4) is 0 Å². The van der Waals surface area contributed by atoms with Gasteiger partial charge in [0.05, 0.1) is 0 Å². The van der Waals surface area contributed by atoms with Crippen molar-refractivity contribution in [2.75, 3.05) is 26.7 Å². The van der Waals surface area contributed by atoms with Crippen molar-refractivity contribution in [2.45, 2.75) is 25.3 Å². The highest BCUT2D eigenvalue weighted by Gasteiger charge is 2.34. The largest absolute Gasteiger partial charge is 0.370 e. The van der Waals surface area contributed by atoms with Crippen molar-refractivity contribution in [1.29, 1.82) is 0 Å². The van der Waals surface area contributed by atoms with E-state index < -0.39 is 0 Å². The summed E-state index contributed by atoms with van der Waals surface area (Å²) in [6.07, 6.45) is 4.14. The van der Waals surface area contributed by atoms with E-state index in [1.807, 2.05) is 0 Å². The van der Waals surface area contributed by atoms with Crippen molar-refractivity contribution >= 4 is 5.96 Å². The fourth-order valence-electron chi connectivity index (χ4n) is 2.13. The van der Waals surface area contributed by atoms with Crippen LogP contribution in [0, 0.1) is 5.92 Å². The Morgan fingerprint density at radius 3 is 2.93 bits per heavy atom. The van der Waals surface area contributed by atoms with Crippen LogP contribution in [-0.4, -0.2) is 43.6 Å². The minimum atomic E-state index is 0.565. The van der Waals surface area contributed by atoms with Crippen LogP contribution in [0.3, 0.4) is 0 Å². The lowest BCUT2D eigenvalue weighted by molar-refractivity contribution is 0.314. The lowest BCUT2D eigenvalue weighted by Crippen LogP contribution is -2.36. The number of hydrogen-bond acceptors (Lipinski definition) is 2. The quantitative estimate of drug-likeness (QED) is 0.493. The number of rotatable bonds is 3. The van der Waals surface area contributed by atoms with E-state index in [9.17, 15) is 0 Å². The van der Waals surface area contributed by atoms with Crippen molar-refractivity contribution in [3.05, 3.63) is 0 Å². The minimum absolute atomic E-state index is 0.565. The van der Waals surface area contributed by atoms with E-state index in [4.69, 9.17) is 5.73 Å². The van der Waals surface area contributed by atoms with Crippen molar-refractivity contribution < 1.29 is 0 Å². The molecule has 1 aliphatic heterocycles. The average Bonchev–Trinajstić information content (AvgIpc) is 2.95. The summed E-state index contributed by atoms with van der Waals surface area (Å²) in [4.78, 5) is 6.50. The molecule has 1 saturated heterocycles. The molecular weight excluding hydrogens is 176 g/mol. The van der Waals surface area contributed by atoms with Gasteiger partial charge in [-0.3, -0.25) is 4.99 Å². The van der Waals surface area contributed by atoms with Gasteiger partial charge >= 0.3 is 0 Å². The first-order chi connectivity index (χ1) is 6.79. The lowest BCUT2D eigenvalue weighted by atomic mass is 10.1. The molecule has 0 aromatic carbocycles. The first kappa shape index (κ1) is 9.77. The maximum atomic E-state index is 5.58. The van der Waals surface area contributed by atoms with E-state index in [1.165, 1.54) is 32.4 Å². The molecule has 1 atom stereocenters. The maximum absolute atomic E-state index is 5.58. The van der Waals surface area contributed by atoms with Crippen molar-refractivity contribution in [3.63, 3.8) is 0 Å². The van der Waals surface area contributed by atoms with Crippen LogP contribution in [0.4, 0.5) is 0 Å². The van der Waals surface area contributed by atoms with Crippen molar-refractivity contribution in [1.82, 2.24) is 10.2 Å². The fraction of sp³-hybridized carbons (Fsp3) is 0.900. The zero-order valence-corrected chi connectivity index (χ0v) is 8.87. The second-order valence-corrected chi connectivity index (χ2v) is 4.37. The van der Waals surface area contributed by atoms with E-state index >= 15 is 0 Å². The van der Waals surface area contributed by atoms with Crippen LogP contribution >= 0.6 is 0 Å².